The lowest BCUT2D eigenvalue weighted by Gasteiger charge is -2.35. The van der Waals surface area contributed by atoms with Crippen molar-refractivity contribution >= 4 is 32.5 Å². The summed E-state index contributed by atoms with van der Waals surface area (Å²) in [7, 11) is 0. The number of rotatable bonds is 3. The fourth-order valence-electron chi connectivity index (χ4n) is 2.97. The summed E-state index contributed by atoms with van der Waals surface area (Å²) < 4.78 is 1.24. The van der Waals surface area contributed by atoms with Crippen LogP contribution in [-0.2, 0) is 0 Å². The number of hydrogen-bond donors (Lipinski definition) is 1. The number of anilines is 2. The second-order valence-electron chi connectivity index (χ2n) is 6.03. The van der Waals surface area contributed by atoms with E-state index in [1.165, 1.54) is 4.70 Å². The summed E-state index contributed by atoms with van der Waals surface area (Å²) in [6.45, 7) is 5.43. The number of para-hydroxylation sites is 1. The highest BCUT2D eigenvalue weighted by Crippen LogP contribution is 2.29. The van der Waals surface area contributed by atoms with Gasteiger partial charge >= 0.3 is 0 Å². The Bertz CT molecular complexity index is 807. The van der Waals surface area contributed by atoms with E-state index in [0.29, 0.717) is 0 Å². The summed E-state index contributed by atoms with van der Waals surface area (Å²) >= 11 is 1.75. The molecular formula is C18H20N4OS. The molecule has 6 heteroatoms. The van der Waals surface area contributed by atoms with Crippen molar-refractivity contribution in [3.8, 4) is 0 Å². The van der Waals surface area contributed by atoms with Crippen LogP contribution in [0.5, 0.6) is 0 Å². The number of fused-ring (bicyclic) bond motifs is 1. The number of aliphatic hydroxyl groups is 1. The van der Waals surface area contributed by atoms with Gasteiger partial charge in [-0.3, -0.25) is 0 Å². The van der Waals surface area contributed by atoms with Crippen LogP contribution in [0.3, 0.4) is 0 Å². The van der Waals surface area contributed by atoms with Crippen molar-refractivity contribution in [2.45, 2.75) is 13.0 Å². The minimum atomic E-state index is -0.533. The first-order valence-electron chi connectivity index (χ1n) is 8.21. The van der Waals surface area contributed by atoms with Gasteiger partial charge in [-0.05, 0) is 31.2 Å². The summed E-state index contributed by atoms with van der Waals surface area (Å²) in [5.74, 6) is 0.942. The maximum absolute atomic E-state index is 9.71. The van der Waals surface area contributed by atoms with Gasteiger partial charge in [-0.15, -0.1) is 0 Å². The Morgan fingerprint density at radius 1 is 0.958 bits per heavy atom. The molecule has 0 unspecified atom stereocenters. The second-order valence-corrected chi connectivity index (χ2v) is 7.04. The molecule has 1 fully saturated rings. The van der Waals surface area contributed by atoms with Gasteiger partial charge in [0.25, 0.3) is 0 Å². The van der Waals surface area contributed by atoms with Crippen LogP contribution in [0.1, 0.15) is 18.7 Å². The molecule has 1 aliphatic heterocycles. The lowest BCUT2D eigenvalue weighted by molar-refractivity contribution is 0.194. The van der Waals surface area contributed by atoms with Crippen LogP contribution >= 0.6 is 11.3 Å². The first kappa shape index (κ1) is 15.4. The van der Waals surface area contributed by atoms with Gasteiger partial charge in [0, 0.05) is 26.2 Å². The molecule has 24 heavy (non-hydrogen) atoms. The van der Waals surface area contributed by atoms with Crippen LogP contribution in [0.2, 0.25) is 0 Å². The zero-order chi connectivity index (χ0) is 16.5. The average molecular weight is 340 g/mol. The molecule has 3 heterocycles. The number of nitrogens with zero attached hydrogens (tertiary/aromatic N) is 4. The zero-order valence-corrected chi connectivity index (χ0v) is 14.4. The Morgan fingerprint density at radius 3 is 2.46 bits per heavy atom. The molecule has 1 N–H and O–H groups in total. The van der Waals surface area contributed by atoms with Crippen molar-refractivity contribution in [1.29, 1.82) is 0 Å². The van der Waals surface area contributed by atoms with Crippen LogP contribution in [0, 0.1) is 0 Å². The van der Waals surface area contributed by atoms with E-state index in [1.54, 1.807) is 18.3 Å². The molecule has 1 saturated heterocycles. The minimum Gasteiger partial charge on any atom is -0.387 e. The molecule has 4 rings (SSSR count). The first-order valence-corrected chi connectivity index (χ1v) is 9.03. The Morgan fingerprint density at radius 2 is 1.71 bits per heavy atom. The standard InChI is InChI=1S/C18H20N4OS/c1-13(23)14-6-4-8-17(19-14)21-9-11-22(12-10-21)18-20-15-5-2-3-7-16(15)24-18/h2-8,13,23H,9-12H2,1H3/t13-/m0/s1. The number of pyridine rings is 1. The topological polar surface area (TPSA) is 52.5 Å². The van der Waals surface area contributed by atoms with Crippen molar-refractivity contribution in [2.75, 3.05) is 36.0 Å². The molecule has 124 valence electrons. The summed E-state index contributed by atoms with van der Waals surface area (Å²) in [5, 5.41) is 10.8. The third-order valence-electron chi connectivity index (χ3n) is 4.34. The molecular weight excluding hydrogens is 320 g/mol. The number of piperazine rings is 1. The molecule has 1 atom stereocenters. The monoisotopic (exact) mass is 340 g/mol. The largest absolute Gasteiger partial charge is 0.387 e. The third-order valence-corrected chi connectivity index (χ3v) is 5.44. The lowest BCUT2D eigenvalue weighted by atomic mass is 10.2. The Balaban J connectivity index is 1.47. The molecule has 1 aromatic carbocycles. The second kappa shape index (κ2) is 6.37. The Kier molecular flexibility index (Phi) is 4.08. The Hall–Kier alpha value is -2.18. The van der Waals surface area contributed by atoms with E-state index >= 15 is 0 Å². The minimum absolute atomic E-state index is 0.533. The van der Waals surface area contributed by atoms with Crippen LogP contribution in [0.15, 0.2) is 42.5 Å². The van der Waals surface area contributed by atoms with Gasteiger partial charge in [0.1, 0.15) is 5.82 Å². The van der Waals surface area contributed by atoms with Gasteiger partial charge in [0.2, 0.25) is 0 Å². The summed E-state index contributed by atoms with van der Waals surface area (Å²) in [4.78, 5) is 13.9. The van der Waals surface area contributed by atoms with E-state index < -0.39 is 6.10 Å². The first-order chi connectivity index (χ1) is 11.7. The zero-order valence-electron chi connectivity index (χ0n) is 13.6. The molecule has 0 radical (unpaired) electrons. The van der Waals surface area contributed by atoms with E-state index in [-0.39, 0.29) is 0 Å². The molecule has 1 aliphatic rings. The van der Waals surface area contributed by atoms with Crippen LogP contribution < -0.4 is 9.80 Å². The van der Waals surface area contributed by atoms with E-state index in [1.807, 2.05) is 24.3 Å². The Labute approximate surface area is 145 Å². The predicted octanol–water partition coefficient (Wildman–Crippen LogP) is 3.07. The van der Waals surface area contributed by atoms with Crippen molar-refractivity contribution in [3.05, 3.63) is 48.2 Å². The fourth-order valence-corrected chi connectivity index (χ4v) is 3.99. The number of thiazole rings is 1. The molecule has 0 amide bonds. The van der Waals surface area contributed by atoms with Crippen molar-refractivity contribution in [1.82, 2.24) is 9.97 Å². The molecule has 0 saturated carbocycles. The fraction of sp³-hybridized carbons (Fsp3) is 0.333. The summed E-state index contributed by atoms with van der Waals surface area (Å²) in [6, 6.07) is 14.1. The van der Waals surface area contributed by atoms with Crippen molar-refractivity contribution in [2.24, 2.45) is 0 Å². The number of hydrogen-bond acceptors (Lipinski definition) is 6. The number of benzene rings is 1. The SMILES string of the molecule is C[C@H](O)c1cccc(N2CCN(c3nc4ccccc4s3)CC2)n1. The molecule has 5 nitrogen and oxygen atoms in total. The van der Waals surface area contributed by atoms with Gasteiger partial charge in [-0.1, -0.05) is 29.5 Å². The van der Waals surface area contributed by atoms with Crippen LogP contribution in [0.4, 0.5) is 10.9 Å². The van der Waals surface area contributed by atoms with Crippen LogP contribution in [-0.4, -0.2) is 41.3 Å². The van der Waals surface area contributed by atoms with E-state index in [0.717, 1.165) is 48.3 Å². The predicted molar refractivity (Wildman–Crippen MR) is 98.9 cm³/mol. The highest BCUT2D eigenvalue weighted by atomic mass is 32.1. The molecule has 2 aromatic heterocycles. The number of aromatic nitrogens is 2. The molecule has 3 aromatic rings. The maximum Gasteiger partial charge on any atom is 0.186 e. The van der Waals surface area contributed by atoms with Crippen molar-refractivity contribution in [3.63, 3.8) is 0 Å². The highest BCUT2D eigenvalue weighted by Gasteiger charge is 2.21. The van der Waals surface area contributed by atoms with E-state index in [9.17, 15) is 5.11 Å². The molecule has 0 spiro atoms. The number of aliphatic hydroxyl groups excluding tert-OH is 1. The third kappa shape index (κ3) is 2.95. The normalized spacial score (nSPS) is 16.6. The van der Waals surface area contributed by atoms with Gasteiger partial charge in [-0.25, -0.2) is 9.97 Å². The van der Waals surface area contributed by atoms with Gasteiger partial charge in [0.15, 0.2) is 5.13 Å². The van der Waals surface area contributed by atoms with Gasteiger partial charge in [-0.2, -0.15) is 0 Å². The summed E-state index contributed by atoms with van der Waals surface area (Å²) in [5.41, 5.74) is 1.80. The van der Waals surface area contributed by atoms with E-state index in [4.69, 9.17) is 4.98 Å². The highest BCUT2D eigenvalue weighted by molar-refractivity contribution is 7.22. The molecule has 0 aliphatic carbocycles. The average Bonchev–Trinajstić information content (AvgIpc) is 3.06. The quantitative estimate of drug-likeness (QED) is 0.794. The van der Waals surface area contributed by atoms with E-state index in [2.05, 4.69) is 33.0 Å². The van der Waals surface area contributed by atoms with Gasteiger partial charge < -0.3 is 14.9 Å². The smallest absolute Gasteiger partial charge is 0.186 e. The van der Waals surface area contributed by atoms with Crippen LogP contribution in [0.25, 0.3) is 10.2 Å². The molecule has 0 bridgehead atoms. The van der Waals surface area contributed by atoms with Gasteiger partial charge in [0.05, 0.1) is 22.0 Å². The van der Waals surface area contributed by atoms with Crippen molar-refractivity contribution < 1.29 is 5.11 Å². The maximum atomic E-state index is 9.71. The lowest BCUT2D eigenvalue weighted by Crippen LogP contribution is -2.46. The summed E-state index contributed by atoms with van der Waals surface area (Å²) in [6.07, 6.45) is -0.533.